The minimum atomic E-state index is 0.615. The molecular weight excluding hydrogens is 248 g/mol. The molecule has 0 saturated carbocycles. The molecule has 0 aliphatic carbocycles. The highest BCUT2D eigenvalue weighted by atomic mass is 15.1. The summed E-state index contributed by atoms with van der Waals surface area (Å²) >= 11 is 0. The van der Waals surface area contributed by atoms with Gasteiger partial charge in [-0.05, 0) is 50.7 Å². The maximum Gasteiger partial charge on any atom is 0.126 e. The Bertz CT molecular complexity index is 567. The summed E-state index contributed by atoms with van der Waals surface area (Å²) < 4.78 is 0. The molecule has 4 heteroatoms. The molecule has 20 heavy (non-hydrogen) atoms. The first-order valence-corrected chi connectivity index (χ1v) is 7.20. The molecule has 1 heterocycles. The predicted molar refractivity (Wildman–Crippen MR) is 87.0 cm³/mol. The van der Waals surface area contributed by atoms with E-state index in [2.05, 4.69) is 42.2 Å². The number of anilines is 2. The predicted octanol–water partition coefficient (Wildman–Crippen LogP) is 2.96. The summed E-state index contributed by atoms with van der Waals surface area (Å²) in [6.45, 7) is 6.37. The summed E-state index contributed by atoms with van der Waals surface area (Å²) in [5, 5.41) is 4.45. The lowest BCUT2D eigenvalue weighted by Crippen LogP contribution is -2.32. The van der Waals surface area contributed by atoms with Crippen molar-refractivity contribution < 1.29 is 0 Å². The van der Waals surface area contributed by atoms with E-state index in [-0.39, 0.29) is 0 Å². The van der Waals surface area contributed by atoms with E-state index in [9.17, 15) is 0 Å². The van der Waals surface area contributed by atoms with Gasteiger partial charge in [0.25, 0.3) is 0 Å². The van der Waals surface area contributed by atoms with Crippen LogP contribution < -0.4 is 11.1 Å². The molecule has 1 aromatic carbocycles. The van der Waals surface area contributed by atoms with E-state index in [1.54, 1.807) is 0 Å². The van der Waals surface area contributed by atoms with Crippen molar-refractivity contribution in [2.75, 3.05) is 31.2 Å². The number of nitrogens with zero attached hydrogens (tertiary/aromatic N) is 2. The third-order valence-corrected chi connectivity index (χ3v) is 3.83. The standard InChI is InChI=1S/C16H24N4/c1-4-12(2)20(3)10-9-18-16-8-5-13-11-14(17)6-7-15(13)19-16/h5-8,11-12H,4,9-10,17H2,1-3H3,(H,18,19). The highest BCUT2D eigenvalue weighted by Gasteiger charge is 2.05. The van der Waals surface area contributed by atoms with E-state index in [0.29, 0.717) is 6.04 Å². The summed E-state index contributed by atoms with van der Waals surface area (Å²) in [4.78, 5) is 6.95. The van der Waals surface area contributed by atoms with Crippen LogP contribution in [0, 0.1) is 0 Å². The van der Waals surface area contributed by atoms with E-state index in [0.717, 1.165) is 35.5 Å². The van der Waals surface area contributed by atoms with Gasteiger partial charge in [-0.25, -0.2) is 4.98 Å². The first kappa shape index (κ1) is 14.6. The molecule has 1 atom stereocenters. The molecule has 0 amide bonds. The van der Waals surface area contributed by atoms with Crippen molar-refractivity contribution in [2.24, 2.45) is 0 Å². The molecule has 108 valence electrons. The van der Waals surface area contributed by atoms with Crippen molar-refractivity contribution in [3.63, 3.8) is 0 Å². The largest absolute Gasteiger partial charge is 0.399 e. The number of fused-ring (bicyclic) bond motifs is 1. The normalized spacial score (nSPS) is 12.8. The number of pyridine rings is 1. The van der Waals surface area contributed by atoms with Gasteiger partial charge < -0.3 is 16.0 Å². The summed E-state index contributed by atoms with van der Waals surface area (Å²) in [5.74, 6) is 0.917. The highest BCUT2D eigenvalue weighted by Crippen LogP contribution is 2.17. The molecular formula is C16H24N4. The zero-order valence-corrected chi connectivity index (χ0v) is 12.6. The second kappa shape index (κ2) is 6.57. The molecule has 0 radical (unpaired) electrons. The maximum absolute atomic E-state index is 5.77. The van der Waals surface area contributed by atoms with Crippen molar-refractivity contribution in [1.82, 2.24) is 9.88 Å². The van der Waals surface area contributed by atoms with Crippen LogP contribution in [0.15, 0.2) is 30.3 Å². The van der Waals surface area contributed by atoms with Gasteiger partial charge in [0, 0.05) is 30.2 Å². The average Bonchev–Trinajstić information content (AvgIpc) is 2.46. The molecule has 0 aliphatic heterocycles. The summed E-state index contributed by atoms with van der Waals surface area (Å²) in [6, 6.07) is 10.5. The molecule has 0 aliphatic rings. The first-order valence-electron chi connectivity index (χ1n) is 7.20. The zero-order chi connectivity index (χ0) is 14.5. The Hall–Kier alpha value is -1.81. The lowest BCUT2D eigenvalue weighted by atomic mass is 10.2. The van der Waals surface area contributed by atoms with Gasteiger partial charge in [-0.1, -0.05) is 6.92 Å². The number of benzene rings is 1. The molecule has 1 unspecified atom stereocenters. The lowest BCUT2D eigenvalue weighted by molar-refractivity contribution is 0.261. The molecule has 0 bridgehead atoms. The topological polar surface area (TPSA) is 54.2 Å². The lowest BCUT2D eigenvalue weighted by Gasteiger charge is -2.23. The fourth-order valence-electron chi connectivity index (χ4n) is 2.13. The number of hydrogen-bond acceptors (Lipinski definition) is 4. The smallest absolute Gasteiger partial charge is 0.126 e. The van der Waals surface area contributed by atoms with Crippen LogP contribution in [0.2, 0.25) is 0 Å². The summed E-state index contributed by atoms with van der Waals surface area (Å²) in [7, 11) is 2.16. The van der Waals surface area contributed by atoms with Gasteiger partial charge in [0.15, 0.2) is 0 Å². The summed E-state index contributed by atoms with van der Waals surface area (Å²) in [5.41, 5.74) is 7.51. The zero-order valence-electron chi connectivity index (χ0n) is 12.6. The second-order valence-electron chi connectivity index (χ2n) is 5.31. The van der Waals surface area contributed by atoms with Crippen LogP contribution in [0.5, 0.6) is 0 Å². The second-order valence-corrected chi connectivity index (χ2v) is 5.31. The number of rotatable bonds is 6. The van der Waals surface area contributed by atoms with Crippen molar-refractivity contribution >= 4 is 22.4 Å². The van der Waals surface area contributed by atoms with E-state index in [4.69, 9.17) is 5.73 Å². The average molecular weight is 272 g/mol. The van der Waals surface area contributed by atoms with E-state index < -0.39 is 0 Å². The first-order chi connectivity index (χ1) is 9.60. The molecule has 0 fully saturated rings. The highest BCUT2D eigenvalue weighted by molar-refractivity contribution is 5.83. The van der Waals surface area contributed by atoms with Gasteiger partial charge in [-0.15, -0.1) is 0 Å². The number of aromatic nitrogens is 1. The van der Waals surface area contributed by atoms with Crippen LogP contribution in [-0.2, 0) is 0 Å². The van der Waals surface area contributed by atoms with E-state index >= 15 is 0 Å². The molecule has 0 spiro atoms. The van der Waals surface area contributed by atoms with Gasteiger partial charge in [0.05, 0.1) is 5.52 Å². The fourth-order valence-corrected chi connectivity index (χ4v) is 2.13. The third-order valence-electron chi connectivity index (χ3n) is 3.83. The molecule has 3 N–H and O–H groups in total. The Morgan fingerprint density at radius 1 is 1.30 bits per heavy atom. The van der Waals surface area contributed by atoms with Crippen molar-refractivity contribution in [2.45, 2.75) is 26.3 Å². The quantitative estimate of drug-likeness (QED) is 0.794. The van der Waals surface area contributed by atoms with Crippen LogP contribution in [0.3, 0.4) is 0 Å². The Morgan fingerprint density at radius 2 is 2.10 bits per heavy atom. The Labute approximate surface area is 121 Å². The van der Waals surface area contributed by atoms with E-state index in [1.165, 1.54) is 6.42 Å². The van der Waals surface area contributed by atoms with Crippen LogP contribution in [-0.4, -0.2) is 36.1 Å². The van der Waals surface area contributed by atoms with Crippen molar-refractivity contribution in [3.05, 3.63) is 30.3 Å². The maximum atomic E-state index is 5.77. The van der Waals surface area contributed by atoms with Crippen LogP contribution in [0.25, 0.3) is 10.9 Å². The van der Waals surface area contributed by atoms with Crippen LogP contribution in [0.1, 0.15) is 20.3 Å². The third kappa shape index (κ3) is 3.61. The van der Waals surface area contributed by atoms with Gasteiger partial charge in [-0.2, -0.15) is 0 Å². The number of hydrogen-bond donors (Lipinski definition) is 2. The van der Waals surface area contributed by atoms with Crippen LogP contribution in [0.4, 0.5) is 11.5 Å². The van der Waals surface area contributed by atoms with Gasteiger partial charge in [-0.3, -0.25) is 0 Å². The molecule has 0 saturated heterocycles. The Kier molecular flexibility index (Phi) is 4.79. The monoisotopic (exact) mass is 272 g/mol. The van der Waals surface area contributed by atoms with E-state index in [1.807, 2.05) is 24.3 Å². The van der Waals surface area contributed by atoms with Crippen LogP contribution >= 0.6 is 0 Å². The Balaban J connectivity index is 1.95. The number of nitrogen functional groups attached to an aromatic ring is 1. The fraction of sp³-hybridized carbons (Fsp3) is 0.438. The molecule has 2 aromatic rings. The Morgan fingerprint density at radius 3 is 2.85 bits per heavy atom. The summed E-state index contributed by atoms with van der Waals surface area (Å²) in [6.07, 6.45) is 1.17. The SMILES string of the molecule is CCC(C)N(C)CCNc1ccc2cc(N)ccc2n1. The molecule has 2 rings (SSSR count). The van der Waals surface area contributed by atoms with Gasteiger partial charge in [0.2, 0.25) is 0 Å². The number of likely N-dealkylation sites (N-methyl/N-ethyl adjacent to an activating group) is 1. The van der Waals surface area contributed by atoms with Gasteiger partial charge in [0.1, 0.15) is 5.82 Å². The molecule has 1 aromatic heterocycles. The molecule has 4 nitrogen and oxygen atoms in total. The number of nitrogens with two attached hydrogens (primary N) is 1. The number of nitrogens with one attached hydrogen (secondary N) is 1. The minimum absolute atomic E-state index is 0.615. The van der Waals surface area contributed by atoms with Crippen molar-refractivity contribution in [3.8, 4) is 0 Å². The minimum Gasteiger partial charge on any atom is -0.399 e. The van der Waals surface area contributed by atoms with Crippen molar-refractivity contribution in [1.29, 1.82) is 0 Å². The van der Waals surface area contributed by atoms with Gasteiger partial charge >= 0.3 is 0 Å².